The molecule has 0 heterocycles. The number of carbonyl (C=O) groups is 1. The van der Waals surface area contributed by atoms with E-state index in [1.54, 1.807) is 12.1 Å². The predicted octanol–water partition coefficient (Wildman–Crippen LogP) is 4.40. The second kappa shape index (κ2) is 5.48. The Bertz CT molecular complexity index is 668. The number of anilines is 1. The highest BCUT2D eigenvalue weighted by Crippen LogP contribution is 2.45. The van der Waals surface area contributed by atoms with Crippen LogP contribution in [0.15, 0.2) is 53.0 Å². The largest absolute Gasteiger partial charge is 0.328 e. The molecule has 0 unspecified atom stereocenters. The van der Waals surface area contributed by atoms with Crippen LogP contribution in [0.3, 0.4) is 0 Å². The van der Waals surface area contributed by atoms with Gasteiger partial charge in [-0.25, -0.2) is 9.18 Å². The highest BCUT2D eigenvalue weighted by Gasteiger charge is 2.45. The van der Waals surface area contributed by atoms with Gasteiger partial charge in [0.2, 0.25) is 0 Å². The van der Waals surface area contributed by atoms with Crippen molar-refractivity contribution in [2.75, 3.05) is 5.32 Å². The van der Waals surface area contributed by atoms with Crippen LogP contribution in [0.5, 0.6) is 0 Å². The third kappa shape index (κ3) is 3.08. The molecule has 5 heteroatoms. The first kappa shape index (κ1) is 14.1. The average molecular weight is 349 g/mol. The third-order valence-electron chi connectivity index (χ3n) is 3.62. The second-order valence-electron chi connectivity index (χ2n) is 5.15. The van der Waals surface area contributed by atoms with Crippen molar-refractivity contribution in [1.29, 1.82) is 0 Å². The highest BCUT2D eigenvalue weighted by atomic mass is 79.9. The van der Waals surface area contributed by atoms with Gasteiger partial charge in [0.15, 0.2) is 0 Å². The van der Waals surface area contributed by atoms with E-state index in [1.165, 1.54) is 12.1 Å². The normalized spacial score (nSPS) is 15.3. The number of para-hydroxylation sites is 1. The van der Waals surface area contributed by atoms with Crippen LogP contribution >= 0.6 is 15.9 Å². The molecule has 3 rings (SSSR count). The maximum Gasteiger partial charge on any atom is 0.320 e. The zero-order valence-electron chi connectivity index (χ0n) is 11.2. The molecule has 3 nitrogen and oxygen atoms in total. The number of urea groups is 1. The van der Waals surface area contributed by atoms with E-state index in [1.807, 2.05) is 24.3 Å². The summed E-state index contributed by atoms with van der Waals surface area (Å²) in [5, 5.41) is 5.50. The van der Waals surface area contributed by atoms with Crippen LogP contribution in [0, 0.1) is 5.82 Å². The summed E-state index contributed by atoms with van der Waals surface area (Å²) in [6.45, 7) is 0. The lowest BCUT2D eigenvalue weighted by atomic mass is 10.1. The van der Waals surface area contributed by atoms with Crippen molar-refractivity contribution in [2.24, 2.45) is 0 Å². The number of nitrogens with one attached hydrogen (secondary N) is 2. The summed E-state index contributed by atoms with van der Waals surface area (Å²) in [6, 6.07) is 13.6. The minimum atomic E-state index is -0.443. The molecule has 0 radical (unpaired) electrons. The third-order valence-corrected chi connectivity index (χ3v) is 4.15. The lowest BCUT2D eigenvalue weighted by molar-refractivity contribution is 0.247. The molecule has 0 bridgehead atoms. The minimum absolute atomic E-state index is 0.182. The molecule has 2 aromatic carbocycles. The van der Waals surface area contributed by atoms with Crippen LogP contribution in [0.4, 0.5) is 14.9 Å². The van der Waals surface area contributed by atoms with Gasteiger partial charge < -0.3 is 10.6 Å². The molecule has 0 saturated heterocycles. The van der Waals surface area contributed by atoms with Crippen molar-refractivity contribution in [3.8, 4) is 0 Å². The summed E-state index contributed by atoms with van der Waals surface area (Å²) < 4.78 is 14.5. The van der Waals surface area contributed by atoms with Gasteiger partial charge in [0.05, 0.1) is 11.2 Å². The molecule has 108 valence electrons. The Hall–Kier alpha value is -1.88. The van der Waals surface area contributed by atoms with E-state index in [-0.39, 0.29) is 17.3 Å². The zero-order chi connectivity index (χ0) is 14.9. The van der Waals surface area contributed by atoms with Crippen molar-refractivity contribution < 1.29 is 9.18 Å². The summed E-state index contributed by atoms with van der Waals surface area (Å²) in [4.78, 5) is 12.1. The number of rotatable bonds is 3. The lowest BCUT2D eigenvalue weighted by Gasteiger charge is -2.18. The van der Waals surface area contributed by atoms with Crippen molar-refractivity contribution in [3.63, 3.8) is 0 Å². The molecule has 1 aliphatic rings. The fraction of sp³-hybridized carbons (Fsp3) is 0.188. The fourth-order valence-electron chi connectivity index (χ4n) is 2.31. The fourth-order valence-corrected chi connectivity index (χ4v) is 2.58. The first-order valence-electron chi connectivity index (χ1n) is 6.69. The summed E-state index contributed by atoms with van der Waals surface area (Å²) in [6.07, 6.45) is 1.78. The van der Waals surface area contributed by atoms with Crippen LogP contribution < -0.4 is 10.6 Å². The molecule has 2 aromatic rings. The van der Waals surface area contributed by atoms with Gasteiger partial charge >= 0.3 is 6.03 Å². The van der Waals surface area contributed by atoms with Crippen molar-refractivity contribution >= 4 is 27.6 Å². The van der Waals surface area contributed by atoms with Crippen molar-refractivity contribution in [2.45, 2.75) is 18.4 Å². The smallest absolute Gasteiger partial charge is 0.320 e. The van der Waals surface area contributed by atoms with Crippen LogP contribution in [0.25, 0.3) is 0 Å². The zero-order valence-corrected chi connectivity index (χ0v) is 12.8. The Kier molecular flexibility index (Phi) is 3.68. The molecule has 0 aromatic heterocycles. The molecule has 2 N–H and O–H groups in total. The standard InChI is InChI=1S/C16H14BrFN2O/c17-12-7-5-11(6-8-12)16(9-10-16)20-15(21)19-14-4-2-1-3-13(14)18/h1-8H,9-10H2,(H2,19,20,21). The topological polar surface area (TPSA) is 41.1 Å². The van der Waals surface area contributed by atoms with E-state index < -0.39 is 5.82 Å². The molecule has 1 aliphatic carbocycles. The quantitative estimate of drug-likeness (QED) is 0.847. The summed E-state index contributed by atoms with van der Waals surface area (Å²) in [7, 11) is 0. The van der Waals surface area contributed by atoms with E-state index in [2.05, 4.69) is 26.6 Å². The van der Waals surface area contributed by atoms with Crippen molar-refractivity contribution in [3.05, 3.63) is 64.4 Å². The molecule has 0 atom stereocenters. The van der Waals surface area contributed by atoms with Crippen LogP contribution in [0.1, 0.15) is 18.4 Å². The van der Waals surface area contributed by atoms with Crippen LogP contribution in [0.2, 0.25) is 0 Å². The number of hydrogen-bond acceptors (Lipinski definition) is 1. The molecule has 21 heavy (non-hydrogen) atoms. The maximum absolute atomic E-state index is 13.5. The van der Waals surface area contributed by atoms with Gasteiger partial charge in [0, 0.05) is 4.47 Å². The number of benzene rings is 2. The monoisotopic (exact) mass is 348 g/mol. The van der Waals surface area contributed by atoms with E-state index in [0.29, 0.717) is 0 Å². The second-order valence-corrected chi connectivity index (χ2v) is 6.06. The molecule has 2 amide bonds. The number of halogens is 2. The van der Waals surface area contributed by atoms with E-state index in [4.69, 9.17) is 0 Å². The number of hydrogen-bond donors (Lipinski definition) is 2. The van der Waals surface area contributed by atoms with E-state index in [0.717, 1.165) is 22.9 Å². The van der Waals surface area contributed by atoms with Crippen LogP contribution in [-0.2, 0) is 5.54 Å². The molecular weight excluding hydrogens is 335 g/mol. The van der Waals surface area contributed by atoms with Gasteiger partial charge in [-0.05, 0) is 42.7 Å². The Morgan fingerprint density at radius 3 is 2.38 bits per heavy atom. The summed E-state index contributed by atoms with van der Waals surface area (Å²) >= 11 is 3.39. The van der Waals surface area contributed by atoms with Gasteiger partial charge in [0.25, 0.3) is 0 Å². The summed E-state index contributed by atoms with van der Waals surface area (Å²) in [5.41, 5.74) is 0.923. The lowest BCUT2D eigenvalue weighted by Crippen LogP contribution is -2.38. The number of carbonyl (C=O) groups excluding carboxylic acids is 1. The Morgan fingerprint density at radius 1 is 1.10 bits per heavy atom. The Labute approximate surface area is 130 Å². The highest BCUT2D eigenvalue weighted by molar-refractivity contribution is 9.10. The summed E-state index contributed by atoms with van der Waals surface area (Å²) in [5.74, 6) is -0.443. The maximum atomic E-state index is 13.5. The molecule has 1 saturated carbocycles. The predicted molar refractivity (Wildman–Crippen MR) is 83.6 cm³/mol. The number of amides is 2. The van der Waals surface area contributed by atoms with Crippen molar-refractivity contribution in [1.82, 2.24) is 5.32 Å². The molecular formula is C16H14BrFN2O. The van der Waals surface area contributed by atoms with Gasteiger partial charge in [-0.2, -0.15) is 0 Å². The van der Waals surface area contributed by atoms with E-state index in [9.17, 15) is 9.18 Å². The average Bonchev–Trinajstić information content (AvgIpc) is 3.23. The molecule has 0 aliphatic heterocycles. The Morgan fingerprint density at radius 2 is 1.76 bits per heavy atom. The van der Waals surface area contributed by atoms with Gasteiger partial charge in [0.1, 0.15) is 5.82 Å². The van der Waals surface area contributed by atoms with Crippen LogP contribution in [-0.4, -0.2) is 6.03 Å². The van der Waals surface area contributed by atoms with Gasteiger partial charge in [-0.3, -0.25) is 0 Å². The molecule has 1 fully saturated rings. The van der Waals surface area contributed by atoms with E-state index >= 15 is 0 Å². The Balaban J connectivity index is 1.70. The van der Waals surface area contributed by atoms with Gasteiger partial charge in [-0.15, -0.1) is 0 Å². The van der Waals surface area contributed by atoms with Gasteiger partial charge in [-0.1, -0.05) is 40.2 Å². The minimum Gasteiger partial charge on any atom is -0.328 e. The first-order chi connectivity index (χ1) is 10.1. The first-order valence-corrected chi connectivity index (χ1v) is 7.48. The SMILES string of the molecule is O=C(Nc1ccccc1F)NC1(c2ccc(Br)cc2)CC1. The molecule has 0 spiro atoms.